The molecule has 0 heterocycles. The molecule has 0 amide bonds. The number of carboxylic acid groups (broad SMARTS) is 1. The molecule has 0 aliphatic heterocycles. The second-order valence-electron chi connectivity index (χ2n) is 4.80. The molecule has 1 rings (SSSR count). The molecule has 0 spiro atoms. The number of aliphatic carboxylic acids is 1. The lowest BCUT2D eigenvalue weighted by Crippen LogP contribution is -2.32. The van der Waals surface area contributed by atoms with Crippen LogP contribution in [0.2, 0.25) is 0 Å². The topological polar surface area (TPSA) is 75.8 Å². The number of benzene rings is 1. The number of ether oxygens (including phenoxy) is 1. The third-order valence-electron chi connectivity index (χ3n) is 2.71. The Kier molecular flexibility index (Phi) is 6.32. The largest absolute Gasteiger partial charge is 0.494 e. The van der Waals surface area contributed by atoms with E-state index in [1.165, 1.54) is 0 Å². The Morgan fingerprint density at radius 3 is 2.53 bits per heavy atom. The van der Waals surface area contributed by atoms with Gasteiger partial charge in [-0.1, -0.05) is 12.1 Å². The fourth-order valence-corrected chi connectivity index (χ4v) is 1.63. The highest BCUT2D eigenvalue weighted by Crippen LogP contribution is 2.13. The molecule has 0 bridgehead atoms. The van der Waals surface area contributed by atoms with Gasteiger partial charge in [0.05, 0.1) is 6.61 Å². The smallest absolute Gasteiger partial charge is 0.320 e. The maximum absolute atomic E-state index is 10.6. The van der Waals surface area contributed by atoms with Crippen LogP contribution in [-0.2, 0) is 11.2 Å². The van der Waals surface area contributed by atoms with Gasteiger partial charge in [0.15, 0.2) is 0 Å². The molecular formula is C14H22N2O3. The molecule has 3 N–H and O–H groups in total. The molecule has 106 valence electrons. The molecule has 5 heteroatoms. The highest BCUT2D eigenvalue weighted by molar-refractivity contribution is 5.73. The molecule has 1 aromatic rings. The summed E-state index contributed by atoms with van der Waals surface area (Å²) in [5, 5.41) is 8.73. The highest BCUT2D eigenvalue weighted by atomic mass is 16.5. The molecule has 0 saturated carbocycles. The quantitative estimate of drug-likeness (QED) is 0.686. The predicted octanol–water partition coefficient (Wildman–Crippen LogP) is 0.972. The van der Waals surface area contributed by atoms with Gasteiger partial charge >= 0.3 is 5.97 Å². The average molecular weight is 266 g/mol. The second-order valence-corrected chi connectivity index (χ2v) is 4.80. The Hall–Kier alpha value is -1.59. The van der Waals surface area contributed by atoms with Crippen molar-refractivity contribution in [3.63, 3.8) is 0 Å². The van der Waals surface area contributed by atoms with Gasteiger partial charge in [0, 0.05) is 6.54 Å². The lowest BCUT2D eigenvalue weighted by molar-refractivity contribution is -0.138. The summed E-state index contributed by atoms with van der Waals surface area (Å²) in [6.45, 7) is 1.66. The SMILES string of the molecule is CN(C)CCCOc1ccc(C[C@H](N)C(=O)O)cc1. The van der Waals surface area contributed by atoms with Crippen molar-refractivity contribution >= 4 is 5.97 Å². The highest BCUT2D eigenvalue weighted by Gasteiger charge is 2.11. The summed E-state index contributed by atoms with van der Waals surface area (Å²) in [4.78, 5) is 12.8. The fourth-order valence-electron chi connectivity index (χ4n) is 1.63. The fraction of sp³-hybridized carbons (Fsp3) is 0.500. The minimum absolute atomic E-state index is 0.330. The summed E-state index contributed by atoms with van der Waals surface area (Å²) in [5.41, 5.74) is 6.38. The number of nitrogens with zero attached hydrogens (tertiary/aromatic N) is 1. The normalized spacial score (nSPS) is 12.4. The summed E-state index contributed by atoms with van der Waals surface area (Å²) in [5.74, 6) is -0.185. The van der Waals surface area contributed by atoms with Gasteiger partial charge in [-0.25, -0.2) is 0 Å². The van der Waals surface area contributed by atoms with Crippen LogP contribution >= 0.6 is 0 Å². The molecule has 0 aromatic heterocycles. The van der Waals surface area contributed by atoms with Gasteiger partial charge < -0.3 is 20.5 Å². The van der Waals surface area contributed by atoms with E-state index < -0.39 is 12.0 Å². The monoisotopic (exact) mass is 266 g/mol. The van der Waals surface area contributed by atoms with Crippen LogP contribution < -0.4 is 10.5 Å². The van der Waals surface area contributed by atoms with Crippen molar-refractivity contribution in [3.05, 3.63) is 29.8 Å². The molecule has 0 aliphatic rings. The zero-order valence-corrected chi connectivity index (χ0v) is 11.5. The van der Waals surface area contributed by atoms with E-state index in [0.29, 0.717) is 13.0 Å². The first-order chi connectivity index (χ1) is 8.99. The first-order valence-electron chi connectivity index (χ1n) is 6.34. The van der Waals surface area contributed by atoms with Crippen LogP contribution in [0.15, 0.2) is 24.3 Å². The van der Waals surface area contributed by atoms with E-state index in [1.807, 2.05) is 38.4 Å². The van der Waals surface area contributed by atoms with Crippen LogP contribution in [0.4, 0.5) is 0 Å². The second kappa shape index (κ2) is 7.76. The van der Waals surface area contributed by atoms with Crippen molar-refractivity contribution in [3.8, 4) is 5.75 Å². The van der Waals surface area contributed by atoms with Crippen molar-refractivity contribution in [2.24, 2.45) is 5.73 Å². The van der Waals surface area contributed by atoms with Crippen molar-refractivity contribution in [2.75, 3.05) is 27.2 Å². The Bertz CT molecular complexity index is 390. The molecule has 5 nitrogen and oxygen atoms in total. The average Bonchev–Trinajstić information content (AvgIpc) is 2.36. The predicted molar refractivity (Wildman–Crippen MR) is 74.4 cm³/mol. The third kappa shape index (κ3) is 6.22. The molecule has 1 aromatic carbocycles. The Morgan fingerprint density at radius 1 is 1.37 bits per heavy atom. The van der Waals surface area contributed by atoms with Crippen molar-refractivity contribution in [1.29, 1.82) is 0 Å². The maximum atomic E-state index is 10.6. The number of rotatable bonds is 8. The molecule has 0 radical (unpaired) electrons. The summed E-state index contributed by atoms with van der Waals surface area (Å²) >= 11 is 0. The van der Waals surface area contributed by atoms with Gasteiger partial charge in [-0.15, -0.1) is 0 Å². The van der Waals surface area contributed by atoms with E-state index >= 15 is 0 Å². The van der Waals surface area contributed by atoms with Gasteiger partial charge in [-0.3, -0.25) is 4.79 Å². The van der Waals surface area contributed by atoms with Crippen molar-refractivity contribution in [1.82, 2.24) is 4.90 Å². The van der Waals surface area contributed by atoms with Crippen LogP contribution in [0.25, 0.3) is 0 Å². The number of carboxylic acids is 1. The van der Waals surface area contributed by atoms with E-state index in [1.54, 1.807) is 0 Å². The lowest BCUT2D eigenvalue weighted by Gasteiger charge is -2.11. The van der Waals surface area contributed by atoms with Crippen LogP contribution in [0.1, 0.15) is 12.0 Å². The standard InChI is InChI=1S/C14H22N2O3/c1-16(2)8-3-9-19-12-6-4-11(5-7-12)10-13(15)14(17)18/h4-7,13H,3,8-10,15H2,1-2H3,(H,17,18)/t13-/m0/s1. The number of carbonyl (C=O) groups is 1. The molecular weight excluding hydrogens is 244 g/mol. The number of hydrogen-bond acceptors (Lipinski definition) is 4. The Balaban J connectivity index is 2.37. The molecule has 1 atom stereocenters. The zero-order valence-electron chi connectivity index (χ0n) is 11.5. The van der Waals surface area contributed by atoms with Gasteiger partial charge in [-0.05, 0) is 44.6 Å². The summed E-state index contributed by atoms with van der Waals surface area (Å²) in [7, 11) is 4.06. The van der Waals surface area contributed by atoms with Crippen molar-refractivity contribution < 1.29 is 14.6 Å². The Labute approximate surface area is 114 Å². The molecule has 0 unspecified atom stereocenters. The summed E-state index contributed by atoms with van der Waals surface area (Å²) in [6, 6.07) is 6.54. The lowest BCUT2D eigenvalue weighted by atomic mass is 10.1. The van der Waals surface area contributed by atoms with E-state index in [9.17, 15) is 4.79 Å². The first kappa shape index (κ1) is 15.5. The third-order valence-corrected chi connectivity index (χ3v) is 2.71. The minimum atomic E-state index is -0.982. The van der Waals surface area contributed by atoms with E-state index in [2.05, 4.69) is 4.90 Å². The Morgan fingerprint density at radius 2 is 2.00 bits per heavy atom. The van der Waals surface area contributed by atoms with E-state index in [4.69, 9.17) is 15.6 Å². The molecule has 0 fully saturated rings. The van der Waals surface area contributed by atoms with Gasteiger partial charge in [0.25, 0.3) is 0 Å². The summed E-state index contributed by atoms with van der Waals surface area (Å²) < 4.78 is 5.59. The van der Waals surface area contributed by atoms with Gasteiger partial charge in [-0.2, -0.15) is 0 Å². The molecule has 0 aliphatic carbocycles. The van der Waals surface area contributed by atoms with Gasteiger partial charge in [0.2, 0.25) is 0 Å². The zero-order chi connectivity index (χ0) is 14.3. The molecule has 19 heavy (non-hydrogen) atoms. The summed E-state index contributed by atoms with van der Waals surface area (Å²) in [6.07, 6.45) is 1.30. The first-order valence-corrected chi connectivity index (χ1v) is 6.34. The van der Waals surface area contributed by atoms with Crippen LogP contribution in [0.3, 0.4) is 0 Å². The van der Waals surface area contributed by atoms with Crippen LogP contribution in [0.5, 0.6) is 5.75 Å². The minimum Gasteiger partial charge on any atom is -0.494 e. The van der Waals surface area contributed by atoms with E-state index in [0.717, 1.165) is 24.3 Å². The van der Waals surface area contributed by atoms with Crippen LogP contribution in [-0.4, -0.2) is 49.3 Å². The van der Waals surface area contributed by atoms with Crippen LogP contribution in [0, 0.1) is 0 Å². The van der Waals surface area contributed by atoms with Gasteiger partial charge in [0.1, 0.15) is 11.8 Å². The van der Waals surface area contributed by atoms with E-state index in [-0.39, 0.29) is 0 Å². The molecule has 0 saturated heterocycles. The maximum Gasteiger partial charge on any atom is 0.320 e. The number of nitrogens with two attached hydrogens (primary N) is 1. The number of hydrogen-bond donors (Lipinski definition) is 2. The van der Waals surface area contributed by atoms with Crippen molar-refractivity contribution in [2.45, 2.75) is 18.9 Å².